The third-order valence-electron chi connectivity index (χ3n) is 8.22. The van der Waals surface area contributed by atoms with Gasteiger partial charge in [0, 0.05) is 31.8 Å². The number of hydrogen-bond acceptors (Lipinski definition) is 3. The molecule has 1 saturated heterocycles. The summed E-state index contributed by atoms with van der Waals surface area (Å²) in [4.78, 5) is 14.3. The summed E-state index contributed by atoms with van der Waals surface area (Å²) < 4.78 is 6.52. The smallest absolute Gasteiger partial charge is 0.164 e. The van der Waals surface area contributed by atoms with Crippen molar-refractivity contribution >= 4 is 0 Å². The van der Waals surface area contributed by atoms with Crippen molar-refractivity contribution in [2.45, 2.75) is 124 Å². The van der Waals surface area contributed by atoms with Gasteiger partial charge in [-0.1, -0.05) is 77.8 Å². The van der Waals surface area contributed by atoms with E-state index in [4.69, 9.17) is 14.4 Å². The van der Waals surface area contributed by atoms with Crippen LogP contribution in [-0.4, -0.2) is 35.2 Å². The van der Waals surface area contributed by atoms with Crippen molar-refractivity contribution in [3.05, 3.63) is 35.9 Å². The summed E-state index contributed by atoms with van der Waals surface area (Å²) in [5, 5.41) is 0. The van der Waals surface area contributed by atoms with E-state index in [9.17, 15) is 0 Å². The molecule has 0 aliphatic carbocycles. The van der Waals surface area contributed by atoms with E-state index < -0.39 is 0 Å². The number of ether oxygens (including phenoxy) is 1. The minimum Gasteiger partial charge on any atom is -0.377 e. The average Bonchev–Trinajstić information content (AvgIpc) is 2.81. The van der Waals surface area contributed by atoms with Gasteiger partial charge in [-0.2, -0.15) is 9.68 Å². The highest BCUT2D eigenvalue weighted by Gasteiger charge is 2.70. The first-order chi connectivity index (χ1) is 15.2. The van der Waals surface area contributed by atoms with Gasteiger partial charge in [0.05, 0.1) is 6.10 Å². The van der Waals surface area contributed by atoms with Crippen LogP contribution in [0.1, 0.15) is 112 Å². The summed E-state index contributed by atoms with van der Waals surface area (Å²) in [5.74, 6) is 0.314. The van der Waals surface area contributed by atoms with E-state index in [-0.39, 0.29) is 28.1 Å². The molecule has 4 nitrogen and oxygen atoms in total. The molecule has 0 spiro atoms. The number of unbranched alkanes of at least 4 members (excludes halogenated alkanes) is 2. The molecule has 0 N–H and O–H groups in total. The van der Waals surface area contributed by atoms with E-state index in [1.165, 1.54) is 5.56 Å². The van der Waals surface area contributed by atoms with Crippen molar-refractivity contribution in [3.8, 4) is 0 Å². The van der Waals surface area contributed by atoms with Crippen LogP contribution in [0.2, 0.25) is 0 Å². The Balaban J connectivity index is 2.52. The number of quaternary nitrogens is 1. The maximum Gasteiger partial charge on any atom is 0.164 e. The number of hydrogen-bond donors (Lipinski definition) is 0. The molecule has 2 rings (SSSR count). The summed E-state index contributed by atoms with van der Waals surface area (Å²) in [7, 11) is 0. The van der Waals surface area contributed by atoms with E-state index in [1.807, 2.05) is 0 Å². The van der Waals surface area contributed by atoms with Crippen LogP contribution in [-0.2, 0) is 14.4 Å². The van der Waals surface area contributed by atoms with E-state index in [0.29, 0.717) is 12.5 Å². The molecule has 1 aromatic carbocycles. The minimum atomic E-state index is -0.226. The predicted molar refractivity (Wildman–Crippen MR) is 133 cm³/mol. The monoisotopic (exact) mass is 448 g/mol. The lowest BCUT2D eigenvalue weighted by Gasteiger charge is -2.61. The SMILES string of the molecule is CCCCOC1CC(C)(CC)[N+](OCCCC)(OC(C)c2ccccc2)C(C)(CC)C1C. The molecule has 0 amide bonds. The number of benzene rings is 1. The maximum atomic E-state index is 7.13. The van der Waals surface area contributed by atoms with Crippen LogP contribution in [0, 0.1) is 5.92 Å². The average molecular weight is 449 g/mol. The molecule has 4 heteroatoms. The Morgan fingerprint density at radius 1 is 0.969 bits per heavy atom. The lowest BCUT2D eigenvalue weighted by Crippen LogP contribution is -2.79. The van der Waals surface area contributed by atoms with E-state index in [0.717, 1.165) is 51.6 Å². The molecule has 0 radical (unpaired) electrons. The van der Waals surface area contributed by atoms with Gasteiger partial charge in [-0.05, 0) is 44.0 Å². The molecule has 6 unspecified atom stereocenters. The first-order valence-electron chi connectivity index (χ1n) is 13.1. The minimum absolute atomic E-state index is 0.0701. The van der Waals surface area contributed by atoms with Crippen LogP contribution in [0.15, 0.2) is 30.3 Å². The summed E-state index contributed by atoms with van der Waals surface area (Å²) in [6.45, 7) is 19.8. The zero-order valence-corrected chi connectivity index (χ0v) is 22.2. The lowest BCUT2D eigenvalue weighted by molar-refractivity contribution is -1.31. The molecule has 0 aromatic heterocycles. The third-order valence-corrected chi connectivity index (χ3v) is 8.22. The van der Waals surface area contributed by atoms with Crippen LogP contribution >= 0.6 is 0 Å². The Kier molecular flexibility index (Phi) is 10.2. The molecule has 0 bridgehead atoms. The number of piperidine rings is 1. The van der Waals surface area contributed by atoms with Crippen molar-refractivity contribution in [2.24, 2.45) is 5.92 Å². The second-order valence-electron chi connectivity index (χ2n) is 10.2. The Labute approximate surface area is 198 Å². The fourth-order valence-electron chi connectivity index (χ4n) is 5.41. The molecular formula is C28H50NO3+. The van der Waals surface area contributed by atoms with Gasteiger partial charge >= 0.3 is 0 Å². The van der Waals surface area contributed by atoms with Crippen molar-refractivity contribution in [3.63, 3.8) is 0 Å². The normalized spacial score (nSPS) is 33.9. The van der Waals surface area contributed by atoms with Crippen LogP contribution in [0.5, 0.6) is 0 Å². The first kappa shape index (κ1) is 27.3. The van der Waals surface area contributed by atoms with Gasteiger partial charge in [-0.3, -0.25) is 0 Å². The molecular weight excluding hydrogens is 398 g/mol. The van der Waals surface area contributed by atoms with E-state index >= 15 is 0 Å². The van der Waals surface area contributed by atoms with Crippen LogP contribution in [0.25, 0.3) is 0 Å². The van der Waals surface area contributed by atoms with Gasteiger partial charge in [-0.15, -0.1) is 0 Å². The van der Waals surface area contributed by atoms with Crippen molar-refractivity contribution in [1.82, 2.24) is 0 Å². The second kappa shape index (κ2) is 12.0. The number of rotatable bonds is 13. The Hall–Kier alpha value is -0.940. The highest BCUT2D eigenvalue weighted by molar-refractivity contribution is 5.16. The number of hydroxylamine groups is 4. The van der Waals surface area contributed by atoms with Crippen LogP contribution in [0.3, 0.4) is 0 Å². The largest absolute Gasteiger partial charge is 0.377 e. The van der Waals surface area contributed by atoms with Crippen LogP contribution in [0.4, 0.5) is 0 Å². The van der Waals surface area contributed by atoms with Crippen molar-refractivity contribution in [2.75, 3.05) is 13.2 Å². The quantitative estimate of drug-likeness (QED) is 0.228. The molecule has 1 fully saturated rings. The van der Waals surface area contributed by atoms with E-state index in [1.54, 1.807) is 0 Å². The second-order valence-corrected chi connectivity index (χ2v) is 10.2. The lowest BCUT2D eigenvalue weighted by atomic mass is 9.68. The molecule has 1 aliphatic rings. The first-order valence-corrected chi connectivity index (χ1v) is 13.1. The van der Waals surface area contributed by atoms with Crippen LogP contribution < -0.4 is 0 Å². The zero-order chi connectivity index (χ0) is 23.8. The Bertz CT molecular complexity index is 668. The van der Waals surface area contributed by atoms with Gasteiger partial charge in [0.1, 0.15) is 12.7 Å². The molecule has 184 valence electrons. The summed E-state index contributed by atoms with van der Waals surface area (Å²) in [6, 6.07) is 10.6. The predicted octanol–water partition coefficient (Wildman–Crippen LogP) is 7.79. The highest BCUT2D eigenvalue weighted by atomic mass is 17.0. The molecule has 1 heterocycles. The zero-order valence-electron chi connectivity index (χ0n) is 22.2. The molecule has 6 atom stereocenters. The van der Waals surface area contributed by atoms with Gasteiger partial charge in [0.2, 0.25) is 0 Å². The van der Waals surface area contributed by atoms with Crippen molar-refractivity contribution < 1.29 is 19.2 Å². The third kappa shape index (κ3) is 5.24. The van der Waals surface area contributed by atoms with Gasteiger partial charge in [-0.25, -0.2) is 0 Å². The summed E-state index contributed by atoms with van der Waals surface area (Å²) >= 11 is 0. The standard InChI is InChI=1S/C28H50NO3/c1-9-13-20-30-26-22-27(7,11-3)29(31-21-14-10-2,28(8,12-4)23(26)5)32-24(6)25-18-16-15-17-19-25/h15-19,23-24,26H,9-14,20-22H2,1-8H3/q+1. The Morgan fingerprint density at radius 2 is 1.59 bits per heavy atom. The summed E-state index contributed by atoms with van der Waals surface area (Å²) in [5.41, 5.74) is 0.761. The fourth-order valence-corrected chi connectivity index (χ4v) is 5.41. The molecule has 1 aliphatic heterocycles. The van der Waals surface area contributed by atoms with Gasteiger partial charge in [0.25, 0.3) is 0 Å². The number of nitrogens with zero attached hydrogens (tertiary/aromatic N) is 1. The fraction of sp³-hybridized carbons (Fsp3) is 0.786. The van der Waals surface area contributed by atoms with Crippen molar-refractivity contribution in [1.29, 1.82) is 0 Å². The molecule has 32 heavy (non-hydrogen) atoms. The maximum absolute atomic E-state index is 7.13. The van der Waals surface area contributed by atoms with E-state index in [2.05, 4.69) is 85.7 Å². The Morgan fingerprint density at radius 3 is 2.16 bits per heavy atom. The molecule has 0 saturated carbocycles. The molecule has 1 aromatic rings. The highest BCUT2D eigenvalue weighted by Crippen LogP contribution is 2.54. The topological polar surface area (TPSA) is 27.7 Å². The summed E-state index contributed by atoms with van der Waals surface area (Å²) in [6.07, 6.45) is 7.44. The van der Waals surface area contributed by atoms with Gasteiger partial charge in [0.15, 0.2) is 11.1 Å². The van der Waals surface area contributed by atoms with Gasteiger partial charge < -0.3 is 4.74 Å².